The van der Waals surface area contributed by atoms with Gasteiger partial charge in [0.15, 0.2) is 6.10 Å². The average molecular weight is 538 g/mol. The minimum Gasteiger partial charge on any atom is -0.497 e. The lowest BCUT2D eigenvalue weighted by Gasteiger charge is -2.35. The van der Waals surface area contributed by atoms with E-state index in [4.69, 9.17) is 9.47 Å². The number of ether oxygens (including phenoxy) is 2. The average Bonchev–Trinajstić information content (AvgIpc) is 2.92. The molecule has 0 saturated heterocycles. The molecule has 0 saturated carbocycles. The van der Waals surface area contributed by atoms with Crippen LogP contribution in [0.3, 0.4) is 0 Å². The zero-order chi connectivity index (χ0) is 27.1. The monoisotopic (exact) mass is 537 g/mol. The van der Waals surface area contributed by atoms with Crippen LogP contribution in [0.15, 0.2) is 78.9 Å². The molecule has 1 heterocycles. The van der Waals surface area contributed by atoms with Crippen molar-refractivity contribution >= 4 is 27.5 Å². The number of nitrogens with zero attached hydrogens (tertiary/aromatic N) is 1. The van der Waals surface area contributed by atoms with Crippen molar-refractivity contribution in [3.05, 3.63) is 90.0 Å². The van der Waals surface area contributed by atoms with E-state index in [-0.39, 0.29) is 24.8 Å². The number of carbonyl (C=O) groups is 2. The highest BCUT2D eigenvalue weighted by molar-refractivity contribution is 7.88. The fourth-order valence-electron chi connectivity index (χ4n) is 4.30. The minimum atomic E-state index is -3.62. The molecule has 10 heteroatoms. The van der Waals surface area contributed by atoms with E-state index in [9.17, 15) is 18.0 Å². The molecule has 2 atom stereocenters. The van der Waals surface area contributed by atoms with Crippen molar-refractivity contribution in [2.45, 2.75) is 25.0 Å². The first-order valence-corrected chi connectivity index (χ1v) is 14.1. The molecule has 2 amide bonds. The molecule has 0 aromatic heterocycles. The van der Waals surface area contributed by atoms with Crippen LogP contribution in [-0.4, -0.2) is 52.8 Å². The molecule has 38 heavy (non-hydrogen) atoms. The van der Waals surface area contributed by atoms with Crippen molar-refractivity contribution in [1.82, 2.24) is 10.0 Å². The van der Waals surface area contributed by atoms with E-state index < -0.39 is 22.2 Å². The summed E-state index contributed by atoms with van der Waals surface area (Å²) in [5.41, 5.74) is 2.24. The van der Waals surface area contributed by atoms with Gasteiger partial charge in [0.2, 0.25) is 15.9 Å². The van der Waals surface area contributed by atoms with Gasteiger partial charge < -0.3 is 19.7 Å². The molecule has 0 fully saturated rings. The number of hydrogen-bond donors (Lipinski definition) is 2. The molecule has 0 aliphatic carbocycles. The fourth-order valence-corrected chi connectivity index (χ4v) is 5.04. The summed E-state index contributed by atoms with van der Waals surface area (Å²) in [6.07, 6.45) is 0.648. The van der Waals surface area contributed by atoms with Crippen molar-refractivity contribution < 1.29 is 27.5 Å². The quantitative estimate of drug-likeness (QED) is 0.411. The van der Waals surface area contributed by atoms with Gasteiger partial charge in [-0.3, -0.25) is 9.59 Å². The molecule has 0 radical (unpaired) electrons. The molecule has 2 N–H and O–H groups in total. The summed E-state index contributed by atoms with van der Waals surface area (Å²) in [6.45, 7) is 0.428. The third kappa shape index (κ3) is 7.11. The zero-order valence-electron chi connectivity index (χ0n) is 21.3. The first-order chi connectivity index (χ1) is 18.2. The Labute approximate surface area is 222 Å². The maximum absolute atomic E-state index is 13.6. The zero-order valence-corrected chi connectivity index (χ0v) is 22.1. The second-order valence-corrected chi connectivity index (χ2v) is 10.8. The highest BCUT2D eigenvalue weighted by Crippen LogP contribution is 2.34. The van der Waals surface area contributed by atoms with E-state index in [2.05, 4.69) is 10.0 Å². The smallest absolute Gasteiger partial charge is 0.262 e. The SMILES string of the molecule is COc1ccc([C@H](CC(=O)N2C[C@H](C(=O)NCCc3ccccc3)Oc3ccccc32)NS(C)(=O)=O)cc1. The summed E-state index contributed by atoms with van der Waals surface area (Å²) >= 11 is 0. The summed E-state index contributed by atoms with van der Waals surface area (Å²) in [5.74, 6) is 0.350. The minimum absolute atomic E-state index is 0.00121. The summed E-state index contributed by atoms with van der Waals surface area (Å²) in [4.78, 5) is 28.1. The predicted octanol–water partition coefficient (Wildman–Crippen LogP) is 2.83. The van der Waals surface area contributed by atoms with Gasteiger partial charge in [0, 0.05) is 13.0 Å². The van der Waals surface area contributed by atoms with Crippen molar-refractivity contribution in [3.8, 4) is 11.5 Å². The van der Waals surface area contributed by atoms with Crippen LogP contribution in [0.5, 0.6) is 11.5 Å². The van der Waals surface area contributed by atoms with Gasteiger partial charge in [0.1, 0.15) is 11.5 Å². The van der Waals surface area contributed by atoms with E-state index in [1.165, 1.54) is 12.0 Å². The molecular weight excluding hydrogens is 506 g/mol. The molecule has 1 aliphatic heterocycles. The Bertz CT molecular complexity index is 1360. The van der Waals surface area contributed by atoms with E-state index >= 15 is 0 Å². The second-order valence-electron chi connectivity index (χ2n) is 9.03. The number of rotatable bonds is 10. The molecule has 0 bridgehead atoms. The predicted molar refractivity (Wildman–Crippen MR) is 145 cm³/mol. The largest absolute Gasteiger partial charge is 0.497 e. The molecule has 3 aromatic carbocycles. The molecule has 3 aromatic rings. The molecular formula is C28H31N3O6S. The molecule has 0 unspecified atom stereocenters. The van der Waals surface area contributed by atoms with Gasteiger partial charge in [-0.05, 0) is 41.8 Å². The first kappa shape index (κ1) is 27.2. The Morgan fingerprint density at radius 1 is 1.03 bits per heavy atom. The van der Waals surface area contributed by atoms with Gasteiger partial charge in [-0.2, -0.15) is 0 Å². The van der Waals surface area contributed by atoms with Crippen LogP contribution in [0.2, 0.25) is 0 Å². The summed E-state index contributed by atoms with van der Waals surface area (Å²) < 4.78 is 37.9. The maximum Gasteiger partial charge on any atom is 0.262 e. The molecule has 4 rings (SSSR count). The van der Waals surface area contributed by atoms with E-state index in [0.29, 0.717) is 35.7 Å². The molecule has 9 nitrogen and oxygen atoms in total. The Hall–Kier alpha value is -3.89. The standard InChI is InChI=1S/C28H31N3O6S/c1-36-22-14-12-21(13-15-22)23(30-38(2,34)35)18-27(32)31-19-26(37-25-11-7-6-10-24(25)31)28(33)29-17-16-20-8-4-3-5-9-20/h3-15,23,26,30H,16-19H2,1-2H3,(H,29,33)/t23-,26+/m0/s1. The number of sulfonamides is 1. The van der Waals surface area contributed by atoms with Crippen LogP contribution in [-0.2, 0) is 26.0 Å². The number of para-hydroxylation sites is 2. The summed E-state index contributed by atoms with van der Waals surface area (Å²) in [6, 6.07) is 22.8. The maximum atomic E-state index is 13.6. The van der Waals surface area contributed by atoms with E-state index in [0.717, 1.165) is 11.8 Å². The van der Waals surface area contributed by atoms with Crippen LogP contribution in [0.25, 0.3) is 0 Å². The van der Waals surface area contributed by atoms with Crippen LogP contribution in [0.4, 0.5) is 5.69 Å². The Balaban J connectivity index is 1.50. The summed E-state index contributed by atoms with van der Waals surface area (Å²) in [5, 5.41) is 2.89. The number of benzene rings is 3. The van der Waals surface area contributed by atoms with Gasteiger partial charge in [-0.1, -0.05) is 54.6 Å². The summed E-state index contributed by atoms with van der Waals surface area (Å²) in [7, 11) is -2.09. The topological polar surface area (TPSA) is 114 Å². The van der Waals surface area contributed by atoms with Crippen molar-refractivity contribution in [2.75, 3.05) is 31.4 Å². The number of amides is 2. The number of methoxy groups -OCH3 is 1. The van der Waals surface area contributed by atoms with Gasteiger partial charge in [-0.25, -0.2) is 13.1 Å². The fraction of sp³-hybridized carbons (Fsp3) is 0.286. The lowest BCUT2D eigenvalue weighted by atomic mass is 10.0. The number of anilines is 1. The van der Waals surface area contributed by atoms with Gasteiger partial charge in [-0.15, -0.1) is 0 Å². The second kappa shape index (κ2) is 12.1. The van der Waals surface area contributed by atoms with Crippen molar-refractivity contribution in [3.63, 3.8) is 0 Å². The number of hydrogen-bond acceptors (Lipinski definition) is 6. The molecule has 0 spiro atoms. The molecule has 200 valence electrons. The Morgan fingerprint density at radius 3 is 2.39 bits per heavy atom. The normalized spacial score (nSPS) is 15.6. The van der Waals surface area contributed by atoms with Crippen LogP contribution >= 0.6 is 0 Å². The van der Waals surface area contributed by atoms with Crippen LogP contribution < -0.4 is 24.4 Å². The van der Waals surface area contributed by atoms with Gasteiger partial charge in [0.25, 0.3) is 5.91 Å². The number of carbonyl (C=O) groups excluding carboxylic acids is 2. The first-order valence-electron chi connectivity index (χ1n) is 12.2. The van der Waals surface area contributed by atoms with Crippen LogP contribution in [0.1, 0.15) is 23.6 Å². The lowest BCUT2D eigenvalue weighted by molar-refractivity contribution is -0.128. The third-order valence-electron chi connectivity index (χ3n) is 6.18. The van der Waals surface area contributed by atoms with Gasteiger partial charge >= 0.3 is 0 Å². The van der Waals surface area contributed by atoms with Crippen LogP contribution in [0, 0.1) is 0 Å². The number of nitrogens with one attached hydrogen (secondary N) is 2. The Kier molecular flexibility index (Phi) is 8.65. The van der Waals surface area contributed by atoms with Gasteiger partial charge in [0.05, 0.1) is 31.6 Å². The Morgan fingerprint density at radius 2 is 1.71 bits per heavy atom. The lowest BCUT2D eigenvalue weighted by Crippen LogP contribution is -2.51. The van der Waals surface area contributed by atoms with E-state index in [1.807, 2.05) is 30.3 Å². The van der Waals surface area contributed by atoms with Crippen molar-refractivity contribution in [2.24, 2.45) is 0 Å². The molecule has 1 aliphatic rings. The van der Waals surface area contributed by atoms with Crippen molar-refractivity contribution in [1.29, 1.82) is 0 Å². The highest BCUT2D eigenvalue weighted by atomic mass is 32.2. The highest BCUT2D eigenvalue weighted by Gasteiger charge is 2.35. The third-order valence-corrected chi connectivity index (χ3v) is 6.89. The number of fused-ring (bicyclic) bond motifs is 1. The van der Waals surface area contributed by atoms with E-state index in [1.54, 1.807) is 48.5 Å².